The third kappa shape index (κ3) is 7.34. The van der Waals surface area contributed by atoms with Gasteiger partial charge in [0.1, 0.15) is 36.9 Å². The van der Waals surface area contributed by atoms with E-state index in [1.807, 2.05) is 91.0 Å². The van der Waals surface area contributed by atoms with Gasteiger partial charge in [-0.2, -0.15) is 0 Å². The van der Waals surface area contributed by atoms with Gasteiger partial charge in [-0.05, 0) is 34.9 Å². The third-order valence-electron chi connectivity index (χ3n) is 6.62. The summed E-state index contributed by atoms with van der Waals surface area (Å²) < 4.78 is 17.7. The summed E-state index contributed by atoms with van der Waals surface area (Å²) in [7, 11) is 0. The highest BCUT2D eigenvalue weighted by atomic mass is 16.5. The Labute approximate surface area is 248 Å². The number of carbonyl (C=O) groups is 3. The predicted molar refractivity (Wildman–Crippen MR) is 160 cm³/mol. The number of hydrogen-bond acceptors (Lipinski definition) is 6. The zero-order valence-electron chi connectivity index (χ0n) is 23.1. The number of carbonyl (C=O) groups excluding carboxylic acids is 2. The number of ether oxygens (including phenoxy) is 3. The van der Waals surface area contributed by atoms with Gasteiger partial charge in [0, 0.05) is 5.56 Å². The van der Waals surface area contributed by atoms with Crippen LogP contribution in [0.5, 0.6) is 11.5 Å². The van der Waals surface area contributed by atoms with Gasteiger partial charge < -0.3 is 19.3 Å². The molecule has 0 saturated carbocycles. The average Bonchev–Trinajstić information content (AvgIpc) is 3.06. The molecule has 0 fully saturated rings. The van der Waals surface area contributed by atoms with Crippen LogP contribution < -0.4 is 9.47 Å². The molecule has 5 rings (SSSR count). The minimum absolute atomic E-state index is 0.000159. The van der Waals surface area contributed by atoms with Crippen molar-refractivity contribution in [3.8, 4) is 11.5 Å². The molecule has 43 heavy (non-hydrogen) atoms. The molecule has 7 nitrogen and oxygen atoms in total. The standard InChI is InChI=1S/C36H28O7/c37-34(29-18-10-11-19-30(29)36(40)43-24-27-16-8-3-9-17-27)33-31(41-22-25-12-4-1-5-13-25)20-28(35(38)39)21-32(33)42-23-26-14-6-2-7-15-26/h1-21H,22-24H2,(H,38,39). The van der Waals surface area contributed by atoms with Crippen LogP contribution in [-0.4, -0.2) is 22.8 Å². The smallest absolute Gasteiger partial charge is 0.339 e. The van der Waals surface area contributed by atoms with Crippen LogP contribution in [0.2, 0.25) is 0 Å². The first-order valence-electron chi connectivity index (χ1n) is 13.6. The van der Waals surface area contributed by atoms with Crippen LogP contribution in [0, 0.1) is 0 Å². The van der Waals surface area contributed by atoms with Crippen molar-refractivity contribution in [1.82, 2.24) is 0 Å². The highest BCUT2D eigenvalue weighted by molar-refractivity contribution is 6.17. The lowest BCUT2D eigenvalue weighted by Crippen LogP contribution is -2.15. The molecule has 0 aliphatic heterocycles. The number of carboxylic acids is 1. The van der Waals surface area contributed by atoms with Crippen molar-refractivity contribution in [3.63, 3.8) is 0 Å². The van der Waals surface area contributed by atoms with Crippen LogP contribution in [-0.2, 0) is 24.6 Å². The zero-order chi connectivity index (χ0) is 30.0. The van der Waals surface area contributed by atoms with Gasteiger partial charge in [0.2, 0.25) is 5.78 Å². The number of esters is 1. The fourth-order valence-electron chi connectivity index (χ4n) is 4.43. The summed E-state index contributed by atoms with van der Waals surface area (Å²) in [4.78, 5) is 39.6. The molecule has 0 aromatic heterocycles. The van der Waals surface area contributed by atoms with Crippen LogP contribution in [0.1, 0.15) is 53.3 Å². The van der Waals surface area contributed by atoms with Crippen molar-refractivity contribution in [2.45, 2.75) is 19.8 Å². The van der Waals surface area contributed by atoms with Crippen LogP contribution in [0.15, 0.2) is 127 Å². The highest BCUT2D eigenvalue weighted by Gasteiger charge is 2.27. The van der Waals surface area contributed by atoms with Crippen molar-refractivity contribution in [3.05, 3.63) is 166 Å². The Kier molecular flexibility index (Phi) is 9.24. The summed E-state index contributed by atoms with van der Waals surface area (Å²) in [5.41, 5.74) is 2.46. The zero-order valence-corrected chi connectivity index (χ0v) is 23.1. The quantitative estimate of drug-likeness (QED) is 0.125. The van der Waals surface area contributed by atoms with E-state index in [0.29, 0.717) is 0 Å². The summed E-state index contributed by atoms with van der Waals surface area (Å²) in [6, 6.07) is 36.7. The van der Waals surface area contributed by atoms with Gasteiger partial charge in [0.15, 0.2) is 0 Å². The van der Waals surface area contributed by atoms with Gasteiger partial charge >= 0.3 is 11.9 Å². The molecule has 5 aromatic rings. The molecule has 1 N–H and O–H groups in total. The van der Waals surface area contributed by atoms with E-state index in [0.717, 1.165) is 16.7 Å². The Morgan fingerprint density at radius 1 is 0.535 bits per heavy atom. The molecule has 0 aliphatic rings. The Morgan fingerprint density at radius 3 is 1.42 bits per heavy atom. The van der Waals surface area contributed by atoms with Crippen molar-refractivity contribution in [2.24, 2.45) is 0 Å². The number of aromatic carboxylic acids is 1. The van der Waals surface area contributed by atoms with Crippen LogP contribution in [0.3, 0.4) is 0 Å². The molecule has 0 aliphatic carbocycles. The van der Waals surface area contributed by atoms with Crippen molar-refractivity contribution >= 4 is 17.7 Å². The van der Waals surface area contributed by atoms with Gasteiger partial charge in [-0.25, -0.2) is 9.59 Å². The summed E-state index contributed by atoms with van der Waals surface area (Å²) in [6.45, 7) is 0.179. The number of hydrogen-bond donors (Lipinski definition) is 1. The first kappa shape index (κ1) is 28.8. The second kappa shape index (κ2) is 13.8. The lowest BCUT2D eigenvalue weighted by atomic mass is 9.95. The van der Waals surface area contributed by atoms with Gasteiger partial charge in [-0.15, -0.1) is 0 Å². The van der Waals surface area contributed by atoms with E-state index in [1.165, 1.54) is 24.3 Å². The SMILES string of the molecule is O=C(O)c1cc(OCc2ccccc2)c(C(=O)c2ccccc2C(=O)OCc2ccccc2)c(OCc2ccccc2)c1. The number of ketones is 1. The molecular weight excluding hydrogens is 544 g/mol. The molecule has 0 saturated heterocycles. The lowest BCUT2D eigenvalue weighted by Gasteiger charge is -2.18. The van der Waals surface area contributed by atoms with E-state index in [9.17, 15) is 19.5 Å². The van der Waals surface area contributed by atoms with Crippen molar-refractivity contribution < 1.29 is 33.7 Å². The monoisotopic (exact) mass is 572 g/mol. The Morgan fingerprint density at radius 2 is 0.953 bits per heavy atom. The largest absolute Gasteiger partial charge is 0.488 e. The van der Waals surface area contributed by atoms with E-state index in [1.54, 1.807) is 12.1 Å². The van der Waals surface area contributed by atoms with Crippen LogP contribution in [0.4, 0.5) is 0 Å². The average molecular weight is 573 g/mol. The topological polar surface area (TPSA) is 99.1 Å². The van der Waals surface area contributed by atoms with E-state index >= 15 is 0 Å². The molecule has 0 amide bonds. The molecule has 7 heteroatoms. The molecule has 5 aromatic carbocycles. The second-order valence-corrected chi connectivity index (χ2v) is 9.64. The van der Waals surface area contributed by atoms with Crippen LogP contribution >= 0.6 is 0 Å². The van der Waals surface area contributed by atoms with Gasteiger partial charge in [0.05, 0.1) is 11.1 Å². The van der Waals surface area contributed by atoms with E-state index < -0.39 is 17.7 Å². The van der Waals surface area contributed by atoms with E-state index in [2.05, 4.69) is 0 Å². The van der Waals surface area contributed by atoms with Crippen LogP contribution in [0.25, 0.3) is 0 Å². The maximum atomic E-state index is 14.3. The maximum absolute atomic E-state index is 14.3. The van der Waals surface area contributed by atoms with Gasteiger partial charge in [0.25, 0.3) is 0 Å². The number of benzene rings is 5. The molecule has 0 atom stereocenters. The van der Waals surface area contributed by atoms with Crippen molar-refractivity contribution in [1.29, 1.82) is 0 Å². The highest BCUT2D eigenvalue weighted by Crippen LogP contribution is 2.35. The minimum Gasteiger partial charge on any atom is -0.488 e. The Hall–Kier alpha value is -5.69. The molecular formula is C36H28O7. The third-order valence-corrected chi connectivity index (χ3v) is 6.62. The van der Waals surface area contributed by atoms with Gasteiger partial charge in [-0.1, -0.05) is 109 Å². The second-order valence-electron chi connectivity index (χ2n) is 9.64. The van der Waals surface area contributed by atoms with Gasteiger partial charge in [-0.3, -0.25) is 4.79 Å². The summed E-state index contributed by atoms with van der Waals surface area (Å²) in [6.07, 6.45) is 0. The number of rotatable bonds is 12. The predicted octanol–water partition coefficient (Wildman–Crippen LogP) is 7.13. The lowest BCUT2D eigenvalue weighted by molar-refractivity contribution is 0.0469. The maximum Gasteiger partial charge on any atom is 0.339 e. The minimum atomic E-state index is -1.21. The van der Waals surface area contributed by atoms with E-state index in [4.69, 9.17) is 14.2 Å². The molecule has 0 bridgehead atoms. The summed E-state index contributed by atoms with van der Waals surface area (Å²) in [5.74, 6) is -2.42. The summed E-state index contributed by atoms with van der Waals surface area (Å²) >= 11 is 0. The molecule has 0 heterocycles. The molecule has 214 valence electrons. The first-order chi connectivity index (χ1) is 21.0. The van der Waals surface area contributed by atoms with Crippen molar-refractivity contribution in [2.75, 3.05) is 0 Å². The number of carboxylic acid groups (broad SMARTS) is 1. The first-order valence-corrected chi connectivity index (χ1v) is 13.6. The molecule has 0 unspecified atom stereocenters. The van der Waals surface area contributed by atoms with E-state index in [-0.39, 0.29) is 53.6 Å². The fraction of sp³-hybridized carbons (Fsp3) is 0.0833. The Balaban J connectivity index is 1.54. The fourth-order valence-corrected chi connectivity index (χ4v) is 4.43. The molecule has 0 spiro atoms. The Bertz CT molecular complexity index is 1650. The normalized spacial score (nSPS) is 10.5. The molecule has 0 radical (unpaired) electrons. The summed E-state index contributed by atoms with van der Waals surface area (Å²) in [5, 5.41) is 9.86.